The lowest BCUT2D eigenvalue weighted by Gasteiger charge is -2.08. The third kappa shape index (κ3) is 4.22. The van der Waals surface area contributed by atoms with Gasteiger partial charge in [-0.3, -0.25) is 0 Å². The molecule has 0 aliphatic carbocycles. The van der Waals surface area contributed by atoms with E-state index >= 15 is 0 Å². The molecule has 0 spiro atoms. The van der Waals surface area contributed by atoms with Gasteiger partial charge in [-0.2, -0.15) is 0 Å². The van der Waals surface area contributed by atoms with Gasteiger partial charge >= 0.3 is 5.97 Å². The third-order valence-electron chi connectivity index (χ3n) is 1.89. The molecule has 1 aromatic rings. The Morgan fingerprint density at radius 2 is 2.31 bits per heavy atom. The summed E-state index contributed by atoms with van der Waals surface area (Å²) in [6.45, 7) is 6.23. The molecule has 0 heterocycles. The summed E-state index contributed by atoms with van der Waals surface area (Å²) >= 11 is 2.24. The zero-order valence-corrected chi connectivity index (χ0v) is 11.3. The second-order valence-corrected chi connectivity index (χ2v) is 4.43. The quantitative estimate of drug-likeness (QED) is 0.512. The maximum absolute atomic E-state index is 11.3. The van der Waals surface area contributed by atoms with Crippen molar-refractivity contribution in [2.75, 3.05) is 18.5 Å². The lowest BCUT2D eigenvalue weighted by molar-refractivity contribution is -0.138. The van der Waals surface area contributed by atoms with Gasteiger partial charge in [0, 0.05) is 21.4 Å². The summed E-state index contributed by atoms with van der Waals surface area (Å²) in [4.78, 5) is 11.3. The highest BCUT2D eigenvalue weighted by molar-refractivity contribution is 14.1. The fourth-order valence-electron chi connectivity index (χ4n) is 1.11. The van der Waals surface area contributed by atoms with Gasteiger partial charge in [-0.15, -0.1) is 0 Å². The number of esters is 1. The van der Waals surface area contributed by atoms with Gasteiger partial charge in [0.15, 0.2) is 0 Å². The highest BCUT2D eigenvalue weighted by atomic mass is 127. The monoisotopic (exact) mass is 331 g/mol. The van der Waals surface area contributed by atoms with E-state index in [2.05, 4.69) is 34.5 Å². The maximum atomic E-state index is 11.3. The van der Waals surface area contributed by atoms with Gasteiger partial charge in [0.1, 0.15) is 0 Å². The van der Waals surface area contributed by atoms with Crippen molar-refractivity contribution in [1.29, 1.82) is 0 Å². The van der Waals surface area contributed by atoms with Gasteiger partial charge in [0.25, 0.3) is 0 Å². The fraction of sp³-hybridized carbons (Fsp3) is 0.250. The van der Waals surface area contributed by atoms with Crippen molar-refractivity contribution in [1.82, 2.24) is 0 Å². The number of hydrogen-bond acceptors (Lipinski definition) is 3. The Morgan fingerprint density at radius 1 is 1.56 bits per heavy atom. The Balaban J connectivity index is 2.46. The smallest absolute Gasteiger partial charge is 0.335 e. The van der Waals surface area contributed by atoms with Crippen LogP contribution < -0.4 is 5.32 Å². The van der Waals surface area contributed by atoms with E-state index in [9.17, 15) is 4.79 Å². The molecule has 16 heavy (non-hydrogen) atoms. The number of hydrogen-bond donors (Lipinski definition) is 1. The van der Waals surface area contributed by atoms with Crippen LogP contribution in [0.25, 0.3) is 0 Å². The molecular weight excluding hydrogens is 317 g/mol. The highest BCUT2D eigenvalue weighted by Crippen LogP contribution is 2.12. The number of halogens is 1. The summed E-state index contributed by atoms with van der Waals surface area (Å²) in [5.41, 5.74) is 1.40. The van der Waals surface area contributed by atoms with Crippen LogP contribution in [-0.2, 0) is 9.53 Å². The van der Waals surface area contributed by atoms with E-state index in [4.69, 9.17) is 4.74 Å². The molecule has 1 aromatic carbocycles. The Bertz CT molecular complexity index is 390. The second kappa shape index (κ2) is 6.52. The van der Waals surface area contributed by atoms with E-state index in [1.54, 1.807) is 6.92 Å². The molecule has 0 amide bonds. The van der Waals surface area contributed by atoms with Crippen molar-refractivity contribution in [2.24, 2.45) is 0 Å². The van der Waals surface area contributed by atoms with Gasteiger partial charge in [-0.1, -0.05) is 12.6 Å². The molecular formula is C12H14INO2. The SMILES string of the molecule is C=C(CNc1cccc(I)c1)C(=O)OCC. The average molecular weight is 331 g/mol. The molecule has 0 aliphatic heterocycles. The van der Waals surface area contributed by atoms with E-state index in [-0.39, 0.29) is 5.97 Å². The molecule has 1 N–H and O–H groups in total. The van der Waals surface area contributed by atoms with Crippen LogP contribution >= 0.6 is 22.6 Å². The molecule has 86 valence electrons. The average Bonchev–Trinajstić information content (AvgIpc) is 2.26. The summed E-state index contributed by atoms with van der Waals surface area (Å²) in [6.07, 6.45) is 0. The number of carbonyl (C=O) groups excluding carboxylic acids is 1. The molecule has 0 aliphatic rings. The molecule has 0 radical (unpaired) electrons. The number of nitrogens with one attached hydrogen (secondary N) is 1. The van der Waals surface area contributed by atoms with Gasteiger partial charge in [0.05, 0.1) is 6.61 Å². The van der Waals surface area contributed by atoms with Gasteiger partial charge < -0.3 is 10.1 Å². The minimum absolute atomic E-state index is 0.347. The predicted molar refractivity (Wildman–Crippen MR) is 73.4 cm³/mol. The predicted octanol–water partition coefficient (Wildman–Crippen LogP) is 2.82. The number of ether oxygens (including phenoxy) is 1. The highest BCUT2D eigenvalue weighted by Gasteiger charge is 2.06. The Hall–Kier alpha value is -1.04. The molecule has 4 heteroatoms. The summed E-state index contributed by atoms with van der Waals surface area (Å²) < 4.78 is 5.98. The minimum atomic E-state index is -0.347. The van der Waals surface area contributed by atoms with Gasteiger partial charge in [-0.25, -0.2) is 4.79 Å². The van der Waals surface area contributed by atoms with E-state index in [1.165, 1.54) is 0 Å². The maximum Gasteiger partial charge on any atom is 0.335 e. The normalized spacial score (nSPS) is 9.62. The van der Waals surface area contributed by atoms with Crippen LogP contribution in [0.1, 0.15) is 6.92 Å². The van der Waals surface area contributed by atoms with E-state index < -0.39 is 0 Å². The van der Waals surface area contributed by atoms with Crippen LogP contribution in [0.15, 0.2) is 36.4 Å². The largest absolute Gasteiger partial charge is 0.463 e. The number of anilines is 1. The van der Waals surface area contributed by atoms with Crippen molar-refractivity contribution in [3.05, 3.63) is 40.0 Å². The molecule has 0 bridgehead atoms. The van der Waals surface area contributed by atoms with E-state index in [0.29, 0.717) is 18.7 Å². The zero-order valence-electron chi connectivity index (χ0n) is 9.13. The summed E-state index contributed by atoms with van der Waals surface area (Å²) in [5, 5.41) is 3.12. The summed E-state index contributed by atoms with van der Waals surface area (Å²) in [7, 11) is 0. The molecule has 0 unspecified atom stereocenters. The molecule has 0 atom stereocenters. The number of rotatable bonds is 5. The van der Waals surface area contributed by atoms with Crippen LogP contribution in [0.2, 0.25) is 0 Å². The first-order chi connectivity index (χ1) is 7.63. The number of carbonyl (C=O) groups is 1. The van der Waals surface area contributed by atoms with Crippen molar-refractivity contribution >= 4 is 34.2 Å². The van der Waals surface area contributed by atoms with Gasteiger partial charge in [0.2, 0.25) is 0 Å². The van der Waals surface area contributed by atoms with Crippen LogP contribution in [0.3, 0.4) is 0 Å². The summed E-state index contributed by atoms with van der Waals surface area (Å²) in [6, 6.07) is 7.91. The first-order valence-corrected chi connectivity index (χ1v) is 6.05. The van der Waals surface area contributed by atoms with Crippen LogP contribution in [0, 0.1) is 3.57 Å². The van der Waals surface area contributed by atoms with Crippen molar-refractivity contribution < 1.29 is 9.53 Å². The van der Waals surface area contributed by atoms with E-state index in [0.717, 1.165) is 9.26 Å². The van der Waals surface area contributed by atoms with Crippen LogP contribution in [0.4, 0.5) is 5.69 Å². The molecule has 0 saturated heterocycles. The third-order valence-corrected chi connectivity index (χ3v) is 2.57. The van der Waals surface area contributed by atoms with Gasteiger partial charge in [-0.05, 0) is 47.7 Å². The van der Waals surface area contributed by atoms with Crippen LogP contribution in [0.5, 0.6) is 0 Å². The fourth-order valence-corrected chi connectivity index (χ4v) is 1.66. The number of benzene rings is 1. The Kier molecular flexibility index (Phi) is 5.31. The molecule has 0 fully saturated rings. The second-order valence-electron chi connectivity index (χ2n) is 3.19. The molecule has 0 aromatic heterocycles. The van der Waals surface area contributed by atoms with Crippen LogP contribution in [-0.4, -0.2) is 19.1 Å². The summed E-state index contributed by atoms with van der Waals surface area (Å²) in [5.74, 6) is -0.347. The topological polar surface area (TPSA) is 38.3 Å². The molecule has 0 saturated carbocycles. The first-order valence-electron chi connectivity index (χ1n) is 4.98. The van der Waals surface area contributed by atoms with E-state index in [1.807, 2.05) is 24.3 Å². The Labute approximate surface area is 109 Å². The minimum Gasteiger partial charge on any atom is -0.463 e. The molecule has 1 rings (SSSR count). The van der Waals surface area contributed by atoms with Crippen molar-refractivity contribution in [3.8, 4) is 0 Å². The van der Waals surface area contributed by atoms with Crippen molar-refractivity contribution in [3.63, 3.8) is 0 Å². The Morgan fingerprint density at radius 3 is 2.94 bits per heavy atom. The lowest BCUT2D eigenvalue weighted by Crippen LogP contribution is -2.14. The first kappa shape index (κ1) is 13.0. The molecule has 3 nitrogen and oxygen atoms in total. The van der Waals surface area contributed by atoms with Crippen molar-refractivity contribution in [2.45, 2.75) is 6.92 Å². The zero-order chi connectivity index (χ0) is 12.0. The standard InChI is InChI=1S/C12H14INO2/c1-3-16-12(15)9(2)8-14-11-6-4-5-10(13)7-11/h4-7,14H,2-3,8H2,1H3. The lowest BCUT2D eigenvalue weighted by atomic mass is 10.2.